The summed E-state index contributed by atoms with van der Waals surface area (Å²) in [7, 11) is 0. The molecule has 4 nitrogen and oxygen atoms in total. The first-order valence-corrected chi connectivity index (χ1v) is 6.07. The molecule has 0 bridgehead atoms. The molecular formula is C11H12Cl2N2O2. The number of nitrogens with zero attached hydrogens (tertiary/aromatic N) is 1. The number of halogens is 2. The van der Waals surface area contributed by atoms with Gasteiger partial charge in [-0.05, 0) is 31.4 Å². The third-order valence-corrected chi connectivity index (χ3v) is 3.55. The molecule has 6 heteroatoms. The molecule has 2 rings (SSSR count). The molecule has 1 aromatic heterocycles. The number of amides is 1. The smallest absolute Gasteiger partial charge is 0.254 e. The summed E-state index contributed by atoms with van der Waals surface area (Å²) < 4.78 is 0. The Labute approximate surface area is 109 Å². The minimum atomic E-state index is -0.486. The van der Waals surface area contributed by atoms with E-state index in [1.165, 1.54) is 12.1 Å². The zero-order valence-corrected chi connectivity index (χ0v) is 10.6. The molecule has 1 amide bonds. The highest BCUT2D eigenvalue weighted by Crippen LogP contribution is 2.31. The van der Waals surface area contributed by atoms with E-state index in [2.05, 4.69) is 10.3 Å². The van der Waals surface area contributed by atoms with Gasteiger partial charge in [-0.25, -0.2) is 4.98 Å². The van der Waals surface area contributed by atoms with Gasteiger partial charge < -0.3 is 10.4 Å². The lowest BCUT2D eigenvalue weighted by Crippen LogP contribution is -2.56. The Hall–Kier alpha value is -0.840. The molecule has 0 radical (unpaired) electrons. The van der Waals surface area contributed by atoms with Gasteiger partial charge in [0.05, 0.1) is 17.7 Å². The Morgan fingerprint density at radius 1 is 1.47 bits per heavy atom. The number of pyridine rings is 1. The SMILES string of the molecule is O=C(NC1(CO)CCC1)c1ccc(Cl)nc1Cl. The maximum Gasteiger partial charge on any atom is 0.254 e. The molecule has 17 heavy (non-hydrogen) atoms. The molecule has 1 fully saturated rings. The van der Waals surface area contributed by atoms with Crippen LogP contribution in [0.1, 0.15) is 29.6 Å². The summed E-state index contributed by atoms with van der Waals surface area (Å²) in [6, 6.07) is 3.03. The van der Waals surface area contributed by atoms with Gasteiger partial charge in [0.2, 0.25) is 0 Å². The standard InChI is InChI=1S/C11H12Cl2N2O2/c12-8-3-2-7(9(13)14-8)10(17)15-11(6-16)4-1-5-11/h2-3,16H,1,4-6H2,(H,15,17). The molecule has 0 saturated heterocycles. The molecule has 1 aromatic rings. The summed E-state index contributed by atoms with van der Waals surface area (Å²) >= 11 is 11.5. The zero-order chi connectivity index (χ0) is 12.5. The van der Waals surface area contributed by atoms with Crippen molar-refractivity contribution < 1.29 is 9.90 Å². The van der Waals surface area contributed by atoms with Crippen molar-refractivity contribution in [1.29, 1.82) is 0 Å². The van der Waals surface area contributed by atoms with Crippen molar-refractivity contribution in [2.75, 3.05) is 6.61 Å². The molecule has 1 aliphatic carbocycles. The molecule has 92 valence electrons. The maximum atomic E-state index is 12.0. The van der Waals surface area contributed by atoms with Crippen LogP contribution in [0.2, 0.25) is 10.3 Å². The molecule has 1 heterocycles. The number of aliphatic hydroxyl groups excluding tert-OH is 1. The van der Waals surface area contributed by atoms with Gasteiger partial charge in [-0.3, -0.25) is 4.79 Å². The van der Waals surface area contributed by atoms with E-state index in [0.29, 0.717) is 0 Å². The number of rotatable bonds is 3. The lowest BCUT2D eigenvalue weighted by Gasteiger charge is -2.40. The number of carbonyl (C=O) groups is 1. The second-order valence-electron chi connectivity index (χ2n) is 4.22. The highest BCUT2D eigenvalue weighted by molar-refractivity contribution is 6.34. The van der Waals surface area contributed by atoms with Crippen LogP contribution < -0.4 is 5.32 Å². The average molecular weight is 275 g/mol. The molecule has 1 aliphatic rings. The van der Waals surface area contributed by atoms with E-state index in [1.807, 2.05) is 0 Å². The first kappa shape index (κ1) is 12.6. The van der Waals surface area contributed by atoms with E-state index in [-0.39, 0.29) is 28.4 Å². The monoisotopic (exact) mass is 274 g/mol. The fourth-order valence-corrected chi connectivity index (χ4v) is 2.25. The normalized spacial score (nSPS) is 17.4. The quantitative estimate of drug-likeness (QED) is 0.830. The molecule has 0 aliphatic heterocycles. The molecule has 0 atom stereocenters. The predicted molar refractivity (Wildman–Crippen MR) is 65.4 cm³/mol. The maximum absolute atomic E-state index is 12.0. The van der Waals surface area contributed by atoms with E-state index < -0.39 is 5.54 Å². The lowest BCUT2D eigenvalue weighted by atomic mass is 9.77. The van der Waals surface area contributed by atoms with Crippen LogP contribution in [-0.2, 0) is 0 Å². The van der Waals surface area contributed by atoms with Crippen LogP contribution in [0.4, 0.5) is 0 Å². The zero-order valence-electron chi connectivity index (χ0n) is 9.04. The van der Waals surface area contributed by atoms with E-state index >= 15 is 0 Å². The topological polar surface area (TPSA) is 62.2 Å². The van der Waals surface area contributed by atoms with Crippen molar-refractivity contribution in [2.45, 2.75) is 24.8 Å². The minimum Gasteiger partial charge on any atom is -0.394 e. The Morgan fingerprint density at radius 2 is 2.18 bits per heavy atom. The fraction of sp³-hybridized carbons (Fsp3) is 0.455. The molecule has 2 N–H and O–H groups in total. The van der Waals surface area contributed by atoms with Crippen molar-refractivity contribution in [3.63, 3.8) is 0 Å². The highest BCUT2D eigenvalue weighted by atomic mass is 35.5. The second kappa shape index (κ2) is 4.80. The molecule has 0 aromatic carbocycles. The van der Waals surface area contributed by atoms with Gasteiger partial charge in [0.15, 0.2) is 0 Å². The first-order valence-electron chi connectivity index (χ1n) is 5.32. The van der Waals surface area contributed by atoms with Gasteiger partial charge in [-0.1, -0.05) is 23.2 Å². The Bertz CT molecular complexity index is 442. The van der Waals surface area contributed by atoms with Gasteiger partial charge in [0.25, 0.3) is 5.91 Å². The Balaban J connectivity index is 2.14. The number of aromatic nitrogens is 1. The number of carbonyl (C=O) groups excluding carboxylic acids is 1. The first-order chi connectivity index (χ1) is 8.06. The van der Waals surface area contributed by atoms with Crippen LogP contribution in [-0.4, -0.2) is 28.1 Å². The van der Waals surface area contributed by atoms with Gasteiger partial charge in [0.1, 0.15) is 10.3 Å². The molecule has 0 spiro atoms. The summed E-state index contributed by atoms with van der Waals surface area (Å²) in [6.07, 6.45) is 2.58. The van der Waals surface area contributed by atoms with Crippen LogP contribution in [0.3, 0.4) is 0 Å². The van der Waals surface area contributed by atoms with Crippen molar-refractivity contribution in [3.05, 3.63) is 28.0 Å². The average Bonchev–Trinajstić information content (AvgIpc) is 2.23. The van der Waals surface area contributed by atoms with Crippen LogP contribution >= 0.6 is 23.2 Å². The summed E-state index contributed by atoms with van der Waals surface area (Å²) in [5.74, 6) is -0.326. The number of hydrogen-bond acceptors (Lipinski definition) is 3. The minimum absolute atomic E-state index is 0.0582. The van der Waals surface area contributed by atoms with Crippen LogP contribution in [0.25, 0.3) is 0 Å². The number of aliphatic hydroxyl groups is 1. The van der Waals surface area contributed by atoms with Gasteiger partial charge in [-0.2, -0.15) is 0 Å². The van der Waals surface area contributed by atoms with Crippen molar-refractivity contribution in [2.24, 2.45) is 0 Å². The van der Waals surface area contributed by atoms with Crippen molar-refractivity contribution >= 4 is 29.1 Å². The largest absolute Gasteiger partial charge is 0.394 e. The fourth-order valence-electron chi connectivity index (χ4n) is 1.82. The molecule has 1 saturated carbocycles. The third kappa shape index (κ3) is 2.54. The van der Waals surface area contributed by atoms with E-state index in [1.54, 1.807) is 0 Å². The number of hydrogen-bond donors (Lipinski definition) is 2. The second-order valence-corrected chi connectivity index (χ2v) is 4.96. The van der Waals surface area contributed by atoms with E-state index in [4.69, 9.17) is 23.2 Å². The van der Waals surface area contributed by atoms with Crippen molar-refractivity contribution in [1.82, 2.24) is 10.3 Å². The van der Waals surface area contributed by atoms with Gasteiger partial charge >= 0.3 is 0 Å². The van der Waals surface area contributed by atoms with Crippen LogP contribution in [0.15, 0.2) is 12.1 Å². The summed E-state index contributed by atoms with van der Waals surface area (Å²) in [5.41, 5.74) is -0.212. The summed E-state index contributed by atoms with van der Waals surface area (Å²) in [6.45, 7) is -0.0582. The third-order valence-electron chi connectivity index (χ3n) is 3.05. The van der Waals surface area contributed by atoms with Crippen LogP contribution in [0, 0.1) is 0 Å². The van der Waals surface area contributed by atoms with E-state index in [9.17, 15) is 9.90 Å². The lowest BCUT2D eigenvalue weighted by molar-refractivity contribution is 0.0641. The van der Waals surface area contributed by atoms with Gasteiger partial charge in [0, 0.05) is 0 Å². The summed E-state index contributed by atoms with van der Waals surface area (Å²) in [4.78, 5) is 15.8. The Morgan fingerprint density at radius 3 is 2.65 bits per heavy atom. The van der Waals surface area contributed by atoms with Gasteiger partial charge in [-0.15, -0.1) is 0 Å². The van der Waals surface area contributed by atoms with E-state index in [0.717, 1.165) is 19.3 Å². The highest BCUT2D eigenvalue weighted by Gasteiger charge is 2.38. The Kier molecular flexibility index (Phi) is 3.56. The van der Waals surface area contributed by atoms with Crippen LogP contribution in [0.5, 0.6) is 0 Å². The predicted octanol–water partition coefficient (Wildman–Crippen LogP) is 2.03. The number of nitrogens with one attached hydrogen (secondary N) is 1. The summed E-state index contributed by atoms with van der Waals surface area (Å²) in [5, 5.41) is 12.4. The molecular weight excluding hydrogens is 263 g/mol. The van der Waals surface area contributed by atoms with Crippen molar-refractivity contribution in [3.8, 4) is 0 Å². The molecule has 0 unspecified atom stereocenters.